The molecule has 0 saturated carbocycles. The third-order valence-electron chi connectivity index (χ3n) is 5.90. The van der Waals surface area contributed by atoms with E-state index in [9.17, 15) is 19.2 Å². The highest BCUT2D eigenvalue weighted by Crippen LogP contribution is 2.17. The zero-order chi connectivity index (χ0) is 30.9. The topological polar surface area (TPSA) is 126 Å². The first kappa shape index (κ1) is 32.6. The van der Waals surface area contributed by atoms with Gasteiger partial charge in [-0.05, 0) is 65.5 Å². The summed E-state index contributed by atoms with van der Waals surface area (Å²) in [5, 5.41) is 2.74. The van der Waals surface area contributed by atoms with Gasteiger partial charge in [-0.3, -0.25) is 33.8 Å². The van der Waals surface area contributed by atoms with Crippen molar-refractivity contribution in [1.29, 1.82) is 0 Å². The van der Waals surface area contributed by atoms with Gasteiger partial charge in [-0.1, -0.05) is 60.7 Å². The van der Waals surface area contributed by atoms with Crippen molar-refractivity contribution in [3.63, 3.8) is 0 Å². The highest BCUT2D eigenvalue weighted by Gasteiger charge is 2.38. The SMILES string of the molecule is CC(C)(C)ONC(Cc1ccccc1)C(=O)C(=O)C1=CNC=CN1C(=O)C(=O)C(Cc1ccccc1)NOC(C)(C)C. The van der Waals surface area contributed by atoms with Crippen LogP contribution < -0.4 is 16.3 Å². The lowest BCUT2D eigenvalue weighted by molar-refractivity contribution is -0.150. The third-order valence-corrected chi connectivity index (χ3v) is 5.90. The van der Waals surface area contributed by atoms with Gasteiger partial charge in [-0.15, -0.1) is 0 Å². The minimum absolute atomic E-state index is 0.163. The molecule has 0 aliphatic carbocycles. The maximum absolute atomic E-state index is 13.6. The monoisotopic (exact) mass is 576 g/mol. The molecule has 2 atom stereocenters. The molecule has 0 fully saturated rings. The summed E-state index contributed by atoms with van der Waals surface area (Å²) in [6, 6.07) is 16.3. The summed E-state index contributed by atoms with van der Waals surface area (Å²) in [4.78, 5) is 66.4. The number of amides is 1. The second kappa shape index (κ2) is 14.3. The molecule has 2 aromatic rings. The van der Waals surface area contributed by atoms with E-state index in [1.807, 2.05) is 60.7 Å². The highest BCUT2D eigenvalue weighted by atomic mass is 16.7. The molecule has 2 aromatic carbocycles. The van der Waals surface area contributed by atoms with E-state index in [-0.39, 0.29) is 18.5 Å². The van der Waals surface area contributed by atoms with Crippen LogP contribution in [0.3, 0.4) is 0 Å². The van der Waals surface area contributed by atoms with E-state index in [0.717, 1.165) is 16.0 Å². The summed E-state index contributed by atoms with van der Waals surface area (Å²) < 4.78 is 0. The normalized spacial score (nSPS) is 14.9. The van der Waals surface area contributed by atoms with Gasteiger partial charge in [-0.25, -0.2) is 0 Å². The number of allylic oxidation sites excluding steroid dienone is 1. The van der Waals surface area contributed by atoms with Gasteiger partial charge in [0.15, 0.2) is 0 Å². The predicted molar refractivity (Wildman–Crippen MR) is 158 cm³/mol. The standard InChI is InChI=1S/C32H40N4O6/c1-31(2,3)41-34-24(19-22-13-9-7-10-14-22)27(37)29(39)26-21-33-17-18-36(26)30(40)28(38)25(35-42-32(4,5)6)20-23-15-11-8-12-16-23/h7-18,21,24-25,33-35H,19-20H2,1-6H3. The number of carbonyl (C=O) groups is 4. The van der Waals surface area contributed by atoms with Gasteiger partial charge in [0.25, 0.3) is 5.91 Å². The van der Waals surface area contributed by atoms with Crippen molar-refractivity contribution in [3.05, 3.63) is 96.1 Å². The Labute approximate surface area is 247 Å². The van der Waals surface area contributed by atoms with Crippen LogP contribution in [0.2, 0.25) is 0 Å². The average molecular weight is 577 g/mol. The number of carbonyl (C=O) groups excluding carboxylic acids is 4. The molecule has 3 rings (SSSR count). The number of ketones is 3. The van der Waals surface area contributed by atoms with E-state index in [0.29, 0.717) is 0 Å². The molecule has 10 nitrogen and oxygen atoms in total. The number of Topliss-reactive ketones (excluding diaryl/α,β-unsaturated/α-hetero) is 3. The molecule has 0 aromatic heterocycles. The Morgan fingerprint density at radius 1 is 0.738 bits per heavy atom. The van der Waals surface area contributed by atoms with Crippen molar-refractivity contribution < 1.29 is 28.9 Å². The molecule has 1 heterocycles. The lowest BCUT2D eigenvalue weighted by Crippen LogP contribution is -2.51. The van der Waals surface area contributed by atoms with Crippen molar-refractivity contribution in [2.75, 3.05) is 0 Å². The number of benzene rings is 2. The largest absolute Gasteiger partial charge is 0.364 e. The second-order valence-electron chi connectivity index (χ2n) is 11.9. The molecule has 0 bridgehead atoms. The van der Waals surface area contributed by atoms with Crippen LogP contribution in [0.25, 0.3) is 0 Å². The highest BCUT2D eigenvalue weighted by molar-refractivity contribution is 6.47. The molecule has 2 unspecified atom stereocenters. The van der Waals surface area contributed by atoms with Gasteiger partial charge < -0.3 is 5.32 Å². The quantitative estimate of drug-likeness (QED) is 0.243. The number of hydrogen-bond acceptors (Lipinski definition) is 9. The Balaban J connectivity index is 1.83. The fraction of sp³-hybridized carbons (Fsp3) is 0.375. The van der Waals surface area contributed by atoms with Crippen molar-refractivity contribution in [3.8, 4) is 0 Å². The molecular formula is C32H40N4O6. The van der Waals surface area contributed by atoms with Crippen LogP contribution in [0.1, 0.15) is 52.7 Å². The second-order valence-corrected chi connectivity index (χ2v) is 11.9. The van der Waals surface area contributed by atoms with Gasteiger partial charge in [-0.2, -0.15) is 11.0 Å². The number of hydroxylamine groups is 2. The Morgan fingerprint density at radius 2 is 1.19 bits per heavy atom. The van der Waals surface area contributed by atoms with Crippen molar-refractivity contribution in [2.24, 2.45) is 0 Å². The molecular weight excluding hydrogens is 536 g/mol. The first-order valence-corrected chi connectivity index (χ1v) is 13.8. The van der Waals surface area contributed by atoms with E-state index in [1.165, 1.54) is 18.6 Å². The van der Waals surface area contributed by atoms with Crippen molar-refractivity contribution in [1.82, 2.24) is 21.2 Å². The number of rotatable bonds is 13. The molecule has 224 valence electrons. The zero-order valence-corrected chi connectivity index (χ0v) is 25.0. The molecule has 0 spiro atoms. The molecule has 1 amide bonds. The van der Waals surface area contributed by atoms with Crippen LogP contribution in [0.4, 0.5) is 0 Å². The van der Waals surface area contributed by atoms with Gasteiger partial charge in [0, 0.05) is 18.6 Å². The smallest absolute Gasteiger partial charge is 0.300 e. The summed E-state index contributed by atoms with van der Waals surface area (Å²) >= 11 is 0. The summed E-state index contributed by atoms with van der Waals surface area (Å²) in [7, 11) is 0. The first-order chi connectivity index (χ1) is 19.7. The van der Waals surface area contributed by atoms with Crippen LogP contribution in [0, 0.1) is 0 Å². The molecule has 3 N–H and O–H groups in total. The van der Waals surface area contributed by atoms with Crippen LogP contribution in [0.15, 0.2) is 85.0 Å². The predicted octanol–water partition coefficient (Wildman–Crippen LogP) is 3.30. The van der Waals surface area contributed by atoms with E-state index in [4.69, 9.17) is 9.68 Å². The fourth-order valence-corrected chi connectivity index (χ4v) is 3.87. The number of nitrogens with one attached hydrogen (secondary N) is 3. The lowest BCUT2D eigenvalue weighted by Gasteiger charge is -2.28. The zero-order valence-electron chi connectivity index (χ0n) is 25.0. The summed E-state index contributed by atoms with van der Waals surface area (Å²) in [6.45, 7) is 10.8. The minimum Gasteiger partial charge on any atom is -0.364 e. The first-order valence-electron chi connectivity index (χ1n) is 13.8. The lowest BCUT2D eigenvalue weighted by atomic mass is 9.98. The Hall–Kier alpha value is -3.96. The van der Waals surface area contributed by atoms with E-state index in [1.54, 1.807) is 41.5 Å². The van der Waals surface area contributed by atoms with Gasteiger partial charge >= 0.3 is 0 Å². The maximum Gasteiger partial charge on any atom is 0.300 e. The molecule has 1 aliphatic rings. The fourth-order valence-electron chi connectivity index (χ4n) is 3.87. The third kappa shape index (κ3) is 9.85. The number of nitrogens with zero attached hydrogens (tertiary/aromatic N) is 1. The van der Waals surface area contributed by atoms with Crippen LogP contribution in [-0.2, 0) is 41.7 Å². The molecule has 0 radical (unpaired) electrons. The van der Waals surface area contributed by atoms with Gasteiger partial charge in [0.2, 0.25) is 17.3 Å². The summed E-state index contributed by atoms with van der Waals surface area (Å²) in [5.41, 5.74) is 5.52. The Kier molecular flexibility index (Phi) is 11.1. The van der Waals surface area contributed by atoms with E-state index >= 15 is 0 Å². The summed E-state index contributed by atoms with van der Waals surface area (Å²) in [6.07, 6.45) is 4.19. The van der Waals surface area contributed by atoms with Gasteiger partial charge in [0.05, 0.1) is 11.2 Å². The molecule has 10 heteroatoms. The van der Waals surface area contributed by atoms with Crippen LogP contribution >= 0.6 is 0 Å². The van der Waals surface area contributed by atoms with Crippen LogP contribution in [-0.4, -0.2) is 51.4 Å². The van der Waals surface area contributed by atoms with Gasteiger partial charge in [0.1, 0.15) is 17.8 Å². The number of hydrogen-bond donors (Lipinski definition) is 3. The average Bonchev–Trinajstić information content (AvgIpc) is 2.96. The van der Waals surface area contributed by atoms with Crippen molar-refractivity contribution in [2.45, 2.75) is 77.7 Å². The van der Waals surface area contributed by atoms with Crippen molar-refractivity contribution >= 4 is 23.3 Å². The Bertz CT molecular complexity index is 1310. The molecule has 0 saturated heterocycles. The Morgan fingerprint density at radius 3 is 1.64 bits per heavy atom. The van der Waals surface area contributed by atoms with Crippen LogP contribution in [0.5, 0.6) is 0 Å². The van der Waals surface area contributed by atoms with E-state index in [2.05, 4.69) is 16.3 Å². The molecule has 42 heavy (non-hydrogen) atoms. The van der Waals surface area contributed by atoms with E-state index < -0.39 is 46.5 Å². The minimum atomic E-state index is -1.05. The summed E-state index contributed by atoms with van der Waals surface area (Å²) in [5.74, 6) is -3.62. The maximum atomic E-state index is 13.6. The molecule has 1 aliphatic heterocycles.